The summed E-state index contributed by atoms with van der Waals surface area (Å²) in [5.74, 6) is 0.942. The summed E-state index contributed by atoms with van der Waals surface area (Å²) in [6.07, 6.45) is 0.806. The molecule has 2 aromatic carbocycles. The first-order valence-corrected chi connectivity index (χ1v) is 7.52. The molecule has 1 heterocycles. The quantitative estimate of drug-likeness (QED) is 0.786. The van der Waals surface area contributed by atoms with Gasteiger partial charge in [0, 0.05) is 13.0 Å². The van der Waals surface area contributed by atoms with Gasteiger partial charge in [-0.3, -0.25) is 4.79 Å². The van der Waals surface area contributed by atoms with E-state index in [1.807, 2.05) is 59.2 Å². The lowest BCUT2D eigenvalue weighted by Gasteiger charge is -2.09. The summed E-state index contributed by atoms with van der Waals surface area (Å²) < 4.78 is 2.00. The maximum Gasteiger partial charge on any atom is 0.240 e. The molecule has 0 bridgehead atoms. The number of fused-ring (bicyclic) bond motifs is 1. The van der Waals surface area contributed by atoms with Gasteiger partial charge in [-0.05, 0) is 17.7 Å². The van der Waals surface area contributed by atoms with Crippen LogP contribution >= 0.6 is 0 Å². The molecule has 0 saturated carbocycles. The number of amides is 1. The van der Waals surface area contributed by atoms with Crippen LogP contribution in [0.1, 0.15) is 18.3 Å². The minimum Gasteiger partial charge on any atom is -0.350 e. The standard InChI is InChI=1S/C18H19N3O/c1-2-17-20-15-10-6-7-11-16(15)21(17)13-18(22)19-12-14-8-4-3-5-9-14/h3-11H,2,12-13H2,1H3,(H,19,22). The Morgan fingerprint density at radius 2 is 1.82 bits per heavy atom. The maximum absolute atomic E-state index is 12.2. The second-order valence-corrected chi connectivity index (χ2v) is 5.22. The van der Waals surface area contributed by atoms with E-state index in [1.54, 1.807) is 0 Å². The number of rotatable bonds is 5. The molecular formula is C18H19N3O. The highest BCUT2D eigenvalue weighted by Gasteiger charge is 2.11. The van der Waals surface area contributed by atoms with Gasteiger partial charge in [0.1, 0.15) is 12.4 Å². The number of carbonyl (C=O) groups is 1. The van der Waals surface area contributed by atoms with Crippen LogP contribution in [0.2, 0.25) is 0 Å². The van der Waals surface area contributed by atoms with Crippen molar-refractivity contribution in [3.8, 4) is 0 Å². The van der Waals surface area contributed by atoms with Crippen molar-refractivity contribution in [2.45, 2.75) is 26.4 Å². The summed E-state index contributed by atoms with van der Waals surface area (Å²) in [6, 6.07) is 17.8. The first kappa shape index (κ1) is 14.3. The molecular weight excluding hydrogens is 274 g/mol. The highest BCUT2D eigenvalue weighted by atomic mass is 16.1. The molecule has 0 fully saturated rings. The van der Waals surface area contributed by atoms with E-state index < -0.39 is 0 Å². The SMILES string of the molecule is CCc1nc2ccccc2n1CC(=O)NCc1ccccc1. The van der Waals surface area contributed by atoms with E-state index in [4.69, 9.17) is 0 Å². The summed E-state index contributed by atoms with van der Waals surface area (Å²) in [7, 11) is 0. The second kappa shape index (κ2) is 6.43. The molecule has 1 aromatic heterocycles. The molecule has 0 atom stereocenters. The molecule has 4 heteroatoms. The zero-order chi connectivity index (χ0) is 15.4. The number of nitrogens with zero attached hydrogens (tertiary/aromatic N) is 2. The van der Waals surface area contributed by atoms with Crippen molar-refractivity contribution in [1.82, 2.24) is 14.9 Å². The van der Waals surface area contributed by atoms with E-state index in [0.29, 0.717) is 13.1 Å². The Hall–Kier alpha value is -2.62. The summed E-state index contributed by atoms with van der Waals surface area (Å²) in [6.45, 7) is 2.91. The van der Waals surface area contributed by atoms with Crippen molar-refractivity contribution in [3.05, 3.63) is 66.0 Å². The zero-order valence-corrected chi connectivity index (χ0v) is 12.6. The second-order valence-electron chi connectivity index (χ2n) is 5.22. The molecule has 0 saturated heterocycles. The highest BCUT2D eigenvalue weighted by Crippen LogP contribution is 2.16. The number of benzene rings is 2. The summed E-state index contributed by atoms with van der Waals surface area (Å²) in [5, 5.41) is 2.97. The van der Waals surface area contributed by atoms with Crippen LogP contribution in [0.5, 0.6) is 0 Å². The topological polar surface area (TPSA) is 46.9 Å². The van der Waals surface area contributed by atoms with Crippen molar-refractivity contribution in [3.63, 3.8) is 0 Å². The van der Waals surface area contributed by atoms with Crippen LogP contribution in [-0.2, 0) is 24.3 Å². The minimum absolute atomic E-state index is 0.00158. The number of hydrogen-bond donors (Lipinski definition) is 1. The van der Waals surface area contributed by atoms with E-state index in [1.165, 1.54) is 0 Å². The summed E-state index contributed by atoms with van der Waals surface area (Å²) in [4.78, 5) is 16.8. The molecule has 0 aliphatic carbocycles. The van der Waals surface area contributed by atoms with Crippen LogP contribution in [0.15, 0.2) is 54.6 Å². The van der Waals surface area contributed by atoms with Gasteiger partial charge >= 0.3 is 0 Å². The molecule has 0 unspecified atom stereocenters. The van der Waals surface area contributed by atoms with Gasteiger partial charge in [0.05, 0.1) is 11.0 Å². The van der Waals surface area contributed by atoms with Gasteiger partial charge in [0.25, 0.3) is 0 Å². The third-order valence-corrected chi connectivity index (χ3v) is 3.68. The van der Waals surface area contributed by atoms with Gasteiger partial charge in [0.15, 0.2) is 0 Å². The zero-order valence-electron chi connectivity index (χ0n) is 12.6. The monoisotopic (exact) mass is 293 g/mol. The van der Waals surface area contributed by atoms with Gasteiger partial charge in [-0.15, -0.1) is 0 Å². The Kier molecular flexibility index (Phi) is 4.19. The van der Waals surface area contributed by atoms with Crippen molar-refractivity contribution >= 4 is 16.9 Å². The fourth-order valence-electron chi connectivity index (χ4n) is 2.57. The lowest BCUT2D eigenvalue weighted by molar-refractivity contribution is -0.121. The lowest BCUT2D eigenvalue weighted by atomic mass is 10.2. The van der Waals surface area contributed by atoms with Crippen LogP contribution in [0.25, 0.3) is 11.0 Å². The maximum atomic E-state index is 12.2. The van der Waals surface area contributed by atoms with E-state index in [2.05, 4.69) is 17.2 Å². The van der Waals surface area contributed by atoms with Gasteiger partial charge in [-0.25, -0.2) is 4.98 Å². The number of aromatic nitrogens is 2. The summed E-state index contributed by atoms with van der Waals surface area (Å²) >= 11 is 0. The Bertz CT molecular complexity index is 777. The highest BCUT2D eigenvalue weighted by molar-refractivity contribution is 5.81. The first-order chi connectivity index (χ1) is 10.8. The number of imidazole rings is 1. The van der Waals surface area contributed by atoms with E-state index in [0.717, 1.165) is 28.8 Å². The fraction of sp³-hybridized carbons (Fsp3) is 0.222. The number of aryl methyl sites for hydroxylation is 1. The molecule has 22 heavy (non-hydrogen) atoms. The number of hydrogen-bond acceptors (Lipinski definition) is 2. The first-order valence-electron chi connectivity index (χ1n) is 7.52. The van der Waals surface area contributed by atoms with Crippen molar-refractivity contribution in [2.75, 3.05) is 0 Å². The third-order valence-electron chi connectivity index (χ3n) is 3.68. The van der Waals surface area contributed by atoms with Crippen LogP contribution in [0, 0.1) is 0 Å². The van der Waals surface area contributed by atoms with Crippen molar-refractivity contribution < 1.29 is 4.79 Å². The molecule has 1 N–H and O–H groups in total. The van der Waals surface area contributed by atoms with Gasteiger partial charge in [0.2, 0.25) is 5.91 Å². The Balaban J connectivity index is 1.73. The van der Waals surface area contributed by atoms with Crippen molar-refractivity contribution in [2.24, 2.45) is 0 Å². The number of para-hydroxylation sites is 2. The van der Waals surface area contributed by atoms with Crippen LogP contribution < -0.4 is 5.32 Å². The average molecular weight is 293 g/mol. The minimum atomic E-state index is 0.00158. The molecule has 0 aliphatic rings. The lowest BCUT2D eigenvalue weighted by Crippen LogP contribution is -2.27. The number of nitrogens with one attached hydrogen (secondary N) is 1. The van der Waals surface area contributed by atoms with E-state index >= 15 is 0 Å². The van der Waals surface area contributed by atoms with Crippen molar-refractivity contribution in [1.29, 1.82) is 0 Å². The number of carbonyl (C=O) groups excluding carboxylic acids is 1. The molecule has 4 nitrogen and oxygen atoms in total. The molecule has 1 amide bonds. The van der Waals surface area contributed by atoms with E-state index in [9.17, 15) is 4.79 Å². The molecule has 0 spiro atoms. The molecule has 3 rings (SSSR count). The van der Waals surface area contributed by atoms with Crippen LogP contribution in [-0.4, -0.2) is 15.5 Å². The third kappa shape index (κ3) is 3.01. The van der Waals surface area contributed by atoms with Gasteiger partial charge in [-0.2, -0.15) is 0 Å². The van der Waals surface area contributed by atoms with Gasteiger partial charge in [-0.1, -0.05) is 49.4 Å². The summed E-state index contributed by atoms with van der Waals surface area (Å²) in [5.41, 5.74) is 3.05. The Morgan fingerprint density at radius 3 is 2.59 bits per heavy atom. The molecule has 3 aromatic rings. The predicted octanol–water partition coefficient (Wildman–Crippen LogP) is 2.92. The largest absolute Gasteiger partial charge is 0.350 e. The fourth-order valence-corrected chi connectivity index (χ4v) is 2.57. The van der Waals surface area contributed by atoms with E-state index in [-0.39, 0.29) is 5.91 Å². The van der Waals surface area contributed by atoms with Gasteiger partial charge < -0.3 is 9.88 Å². The molecule has 112 valence electrons. The Labute approximate surface area is 129 Å². The predicted molar refractivity (Wildman–Crippen MR) is 87.4 cm³/mol. The smallest absolute Gasteiger partial charge is 0.240 e. The molecule has 0 aliphatic heterocycles. The van der Waals surface area contributed by atoms with Crippen LogP contribution in [0.3, 0.4) is 0 Å². The normalized spacial score (nSPS) is 10.8. The Morgan fingerprint density at radius 1 is 1.09 bits per heavy atom. The molecule has 0 radical (unpaired) electrons. The average Bonchev–Trinajstić information content (AvgIpc) is 2.92. The van der Waals surface area contributed by atoms with Crippen LogP contribution in [0.4, 0.5) is 0 Å².